The van der Waals surface area contributed by atoms with E-state index in [4.69, 9.17) is 20.8 Å². The standard InChI is InChI=1S/C32H33ClN2O3/c1-32(2,25-9-4-3-5-10-25)26-12-14-27(15-13-26)37-23-28-16-17-30(38-28)31(36)35-20-18-34(19-21-35)22-24-8-6-7-11-29(24)33/h3-17H,18-23H2,1-2H3. The van der Waals surface area contributed by atoms with Crippen molar-refractivity contribution in [2.45, 2.75) is 32.4 Å². The number of rotatable bonds is 8. The summed E-state index contributed by atoms with van der Waals surface area (Å²) in [4.78, 5) is 17.2. The number of furan rings is 1. The predicted octanol–water partition coefficient (Wildman–Crippen LogP) is 6.80. The van der Waals surface area contributed by atoms with Gasteiger partial charge in [-0.05, 0) is 47.0 Å². The van der Waals surface area contributed by atoms with Crippen molar-refractivity contribution < 1.29 is 13.9 Å². The Hall–Kier alpha value is -3.54. The van der Waals surface area contributed by atoms with Gasteiger partial charge in [-0.2, -0.15) is 0 Å². The molecule has 2 heterocycles. The van der Waals surface area contributed by atoms with E-state index in [1.807, 2.05) is 53.4 Å². The molecular weight excluding hydrogens is 496 g/mol. The van der Waals surface area contributed by atoms with Crippen LogP contribution in [-0.2, 0) is 18.6 Å². The zero-order valence-electron chi connectivity index (χ0n) is 21.9. The van der Waals surface area contributed by atoms with Gasteiger partial charge in [0.1, 0.15) is 18.1 Å². The average molecular weight is 529 g/mol. The summed E-state index contributed by atoms with van der Waals surface area (Å²) in [7, 11) is 0. The molecule has 5 rings (SSSR count). The van der Waals surface area contributed by atoms with E-state index >= 15 is 0 Å². The molecule has 1 aliphatic rings. The molecule has 1 saturated heterocycles. The zero-order chi connectivity index (χ0) is 26.5. The maximum Gasteiger partial charge on any atom is 0.289 e. The summed E-state index contributed by atoms with van der Waals surface area (Å²) >= 11 is 6.30. The van der Waals surface area contributed by atoms with Gasteiger partial charge in [0.2, 0.25) is 0 Å². The van der Waals surface area contributed by atoms with Gasteiger partial charge in [0.25, 0.3) is 5.91 Å². The van der Waals surface area contributed by atoms with E-state index in [-0.39, 0.29) is 17.9 Å². The Morgan fingerprint density at radius 1 is 0.842 bits per heavy atom. The number of hydrogen-bond acceptors (Lipinski definition) is 4. The maximum atomic E-state index is 13.0. The van der Waals surface area contributed by atoms with Crippen molar-refractivity contribution in [2.24, 2.45) is 0 Å². The maximum absolute atomic E-state index is 13.0. The lowest BCUT2D eigenvalue weighted by atomic mass is 9.78. The molecule has 0 saturated carbocycles. The minimum atomic E-state index is -0.101. The first kappa shape index (κ1) is 26.1. The van der Waals surface area contributed by atoms with Crippen LogP contribution in [0, 0.1) is 0 Å². The number of halogens is 1. The Labute approximate surface area is 229 Å². The first-order chi connectivity index (χ1) is 18.4. The summed E-state index contributed by atoms with van der Waals surface area (Å²) in [6.07, 6.45) is 0. The molecule has 0 spiro atoms. The van der Waals surface area contributed by atoms with Crippen LogP contribution < -0.4 is 4.74 Å². The summed E-state index contributed by atoms with van der Waals surface area (Å²) in [6.45, 7) is 8.39. The highest BCUT2D eigenvalue weighted by molar-refractivity contribution is 6.31. The minimum Gasteiger partial charge on any atom is -0.486 e. The third-order valence-electron chi connectivity index (χ3n) is 7.34. The van der Waals surface area contributed by atoms with E-state index in [1.165, 1.54) is 11.1 Å². The van der Waals surface area contributed by atoms with Gasteiger partial charge in [0, 0.05) is 43.2 Å². The normalized spacial score (nSPS) is 14.4. The van der Waals surface area contributed by atoms with Crippen molar-refractivity contribution in [2.75, 3.05) is 26.2 Å². The number of piperazine rings is 1. The fourth-order valence-corrected chi connectivity index (χ4v) is 5.04. The van der Waals surface area contributed by atoms with Crippen molar-refractivity contribution in [1.29, 1.82) is 0 Å². The number of amides is 1. The molecule has 38 heavy (non-hydrogen) atoms. The van der Waals surface area contributed by atoms with E-state index in [2.05, 4.69) is 55.1 Å². The molecule has 1 aliphatic heterocycles. The van der Waals surface area contributed by atoms with Crippen LogP contribution in [0.25, 0.3) is 0 Å². The van der Waals surface area contributed by atoms with Crippen LogP contribution in [-0.4, -0.2) is 41.9 Å². The van der Waals surface area contributed by atoms with Crippen LogP contribution in [0.2, 0.25) is 5.02 Å². The molecule has 0 atom stereocenters. The second-order valence-electron chi connectivity index (χ2n) is 10.2. The van der Waals surface area contributed by atoms with Gasteiger partial charge in [0.05, 0.1) is 0 Å². The molecule has 0 aliphatic carbocycles. The van der Waals surface area contributed by atoms with Gasteiger partial charge in [-0.1, -0.05) is 86.1 Å². The lowest BCUT2D eigenvalue weighted by Gasteiger charge is -2.34. The van der Waals surface area contributed by atoms with Crippen LogP contribution in [0.1, 0.15) is 46.9 Å². The number of benzene rings is 3. The monoisotopic (exact) mass is 528 g/mol. The number of hydrogen-bond donors (Lipinski definition) is 0. The molecule has 1 aromatic heterocycles. The molecule has 196 valence electrons. The Balaban J connectivity index is 1.12. The van der Waals surface area contributed by atoms with Gasteiger partial charge < -0.3 is 14.1 Å². The summed E-state index contributed by atoms with van der Waals surface area (Å²) in [5.41, 5.74) is 3.49. The van der Waals surface area contributed by atoms with Crippen LogP contribution in [0.3, 0.4) is 0 Å². The van der Waals surface area contributed by atoms with Gasteiger partial charge in [-0.15, -0.1) is 0 Å². The Morgan fingerprint density at radius 2 is 1.50 bits per heavy atom. The topological polar surface area (TPSA) is 45.9 Å². The lowest BCUT2D eigenvalue weighted by molar-refractivity contribution is 0.0594. The summed E-state index contributed by atoms with van der Waals surface area (Å²) in [5.74, 6) is 1.65. The Kier molecular flexibility index (Phi) is 7.87. The first-order valence-electron chi connectivity index (χ1n) is 13.0. The molecule has 3 aromatic carbocycles. The fraction of sp³-hybridized carbons (Fsp3) is 0.281. The van der Waals surface area contributed by atoms with Crippen LogP contribution in [0.4, 0.5) is 0 Å². The van der Waals surface area contributed by atoms with E-state index in [1.54, 1.807) is 6.07 Å². The summed E-state index contributed by atoms with van der Waals surface area (Å²) in [6, 6.07) is 30.1. The minimum absolute atomic E-state index is 0.0823. The number of carbonyl (C=O) groups is 1. The third-order valence-corrected chi connectivity index (χ3v) is 7.71. The molecule has 5 nitrogen and oxygen atoms in total. The number of ether oxygens (including phenoxy) is 1. The zero-order valence-corrected chi connectivity index (χ0v) is 22.7. The number of nitrogens with zero attached hydrogens (tertiary/aromatic N) is 2. The van der Waals surface area contributed by atoms with E-state index in [9.17, 15) is 4.79 Å². The van der Waals surface area contributed by atoms with Crippen molar-refractivity contribution in [3.8, 4) is 5.75 Å². The highest BCUT2D eigenvalue weighted by atomic mass is 35.5. The van der Waals surface area contributed by atoms with Crippen LogP contribution >= 0.6 is 11.6 Å². The molecule has 1 amide bonds. The first-order valence-corrected chi connectivity index (χ1v) is 13.4. The van der Waals surface area contributed by atoms with Gasteiger partial charge in [-0.3, -0.25) is 9.69 Å². The average Bonchev–Trinajstić information content (AvgIpc) is 3.43. The number of carbonyl (C=O) groups excluding carboxylic acids is 1. The Morgan fingerprint density at radius 3 is 2.21 bits per heavy atom. The van der Waals surface area contributed by atoms with Gasteiger partial charge >= 0.3 is 0 Å². The van der Waals surface area contributed by atoms with Crippen molar-refractivity contribution in [3.63, 3.8) is 0 Å². The van der Waals surface area contributed by atoms with E-state index < -0.39 is 0 Å². The lowest BCUT2D eigenvalue weighted by Crippen LogP contribution is -2.48. The Bertz CT molecular complexity index is 1360. The predicted molar refractivity (Wildman–Crippen MR) is 151 cm³/mol. The summed E-state index contributed by atoms with van der Waals surface area (Å²) < 4.78 is 11.8. The highest BCUT2D eigenvalue weighted by Crippen LogP contribution is 2.32. The molecule has 4 aromatic rings. The van der Waals surface area contributed by atoms with Crippen LogP contribution in [0.15, 0.2) is 95.4 Å². The highest BCUT2D eigenvalue weighted by Gasteiger charge is 2.25. The smallest absolute Gasteiger partial charge is 0.289 e. The molecule has 0 bridgehead atoms. The SMILES string of the molecule is CC(C)(c1ccccc1)c1ccc(OCc2ccc(C(=O)N3CCN(Cc4ccccc4Cl)CC3)o2)cc1. The van der Waals surface area contributed by atoms with E-state index in [0.29, 0.717) is 24.6 Å². The van der Waals surface area contributed by atoms with Crippen LogP contribution in [0.5, 0.6) is 5.75 Å². The molecular formula is C32H33ClN2O3. The molecule has 0 N–H and O–H groups in total. The van der Waals surface area contributed by atoms with Crippen molar-refractivity contribution in [1.82, 2.24) is 9.80 Å². The molecule has 6 heteroatoms. The third kappa shape index (κ3) is 5.95. The quantitative estimate of drug-likeness (QED) is 0.252. The second-order valence-corrected chi connectivity index (χ2v) is 10.6. The fourth-order valence-electron chi connectivity index (χ4n) is 4.85. The molecule has 1 fully saturated rings. The van der Waals surface area contributed by atoms with Crippen molar-refractivity contribution in [3.05, 3.63) is 124 Å². The molecule has 0 unspecified atom stereocenters. The second kappa shape index (κ2) is 11.5. The van der Waals surface area contributed by atoms with E-state index in [0.717, 1.165) is 36.0 Å². The molecule has 0 radical (unpaired) electrons. The largest absolute Gasteiger partial charge is 0.486 e. The summed E-state index contributed by atoms with van der Waals surface area (Å²) in [5, 5.41) is 0.781. The van der Waals surface area contributed by atoms with Gasteiger partial charge in [0.15, 0.2) is 5.76 Å². The van der Waals surface area contributed by atoms with Crippen molar-refractivity contribution >= 4 is 17.5 Å². The van der Waals surface area contributed by atoms with Gasteiger partial charge in [-0.25, -0.2) is 0 Å².